The first-order chi connectivity index (χ1) is 11.8. The molecule has 3 rings (SSSR count). The number of aromatic nitrogens is 3. The maximum atomic E-state index is 12.0. The van der Waals surface area contributed by atoms with Crippen LogP contribution in [0.15, 0.2) is 53.6 Å². The van der Waals surface area contributed by atoms with E-state index in [9.17, 15) is 4.79 Å². The van der Waals surface area contributed by atoms with Gasteiger partial charge in [-0.25, -0.2) is 10.1 Å². The van der Waals surface area contributed by atoms with Gasteiger partial charge >= 0.3 is 0 Å². The van der Waals surface area contributed by atoms with Crippen molar-refractivity contribution in [1.29, 1.82) is 0 Å². The monoisotopic (exact) mass is 323 g/mol. The molecule has 0 aliphatic carbocycles. The number of carbonyl (C=O) groups excluding carboxylic acids is 1. The topological polar surface area (TPSA) is 81.4 Å². The van der Waals surface area contributed by atoms with Crippen molar-refractivity contribution >= 4 is 23.2 Å². The standard InChI is InChI=1S/C17H17N5O2/c1-2-24-16-10-6-3-7-13(16)11-18-20-17(23)12-22-15-9-5-4-8-14(15)19-21-22/h3-11H,2,12H2,1H3,(H,20,23)/b18-11+. The number of fused-ring (bicyclic) bond motifs is 1. The van der Waals surface area contributed by atoms with Crippen LogP contribution < -0.4 is 10.2 Å². The highest BCUT2D eigenvalue weighted by Gasteiger charge is 2.07. The largest absolute Gasteiger partial charge is 0.493 e. The van der Waals surface area contributed by atoms with E-state index < -0.39 is 0 Å². The summed E-state index contributed by atoms with van der Waals surface area (Å²) < 4.78 is 7.04. The average Bonchev–Trinajstić information content (AvgIpc) is 3.00. The number of amides is 1. The highest BCUT2D eigenvalue weighted by molar-refractivity contribution is 5.85. The number of hydrogen-bond donors (Lipinski definition) is 1. The Labute approximate surface area is 138 Å². The van der Waals surface area contributed by atoms with Crippen LogP contribution in [0.5, 0.6) is 5.75 Å². The van der Waals surface area contributed by atoms with E-state index in [4.69, 9.17) is 4.74 Å². The Morgan fingerprint density at radius 3 is 2.92 bits per heavy atom. The second kappa shape index (κ2) is 7.36. The number of benzene rings is 2. The van der Waals surface area contributed by atoms with Gasteiger partial charge in [0, 0.05) is 5.56 Å². The Morgan fingerprint density at radius 2 is 2.04 bits per heavy atom. The van der Waals surface area contributed by atoms with Crippen molar-refractivity contribution in [3.8, 4) is 5.75 Å². The molecule has 1 heterocycles. The normalized spacial score (nSPS) is 11.0. The van der Waals surface area contributed by atoms with Gasteiger partial charge in [0.2, 0.25) is 0 Å². The molecule has 2 aromatic carbocycles. The smallest absolute Gasteiger partial charge is 0.261 e. The minimum atomic E-state index is -0.282. The Balaban J connectivity index is 1.63. The van der Waals surface area contributed by atoms with Gasteiger partial charge in [0.25, 0.3) is 5.91 Å². The summed E-state index contributed by atoms with van der Waals surface area (Å²) >= 11 is 0. The molecule has 1 N–H and O–H groups in total. The molecule has 0 bridgehead atoms. The summed E-state index contributed by atoms with van der Waals surface area (Å²) in [5.41, 5.74) is 4.84. The van der Waals surface area contributed by atoms with Crippen LogP contribution in [0.2, 0.25) is 0 Å². The molecule has 24 heavy (non-hydrogen) atoms. The van der Waals surface area contributed by atoms with Crippen LogP contribution in [0.1, 0.15) is 12.5 Å². The molecule has 0 aliphatic rings. The molecule has 3 aromatic rings. The van der Waals surface area contributed by atoms with E-state index in [2.05, 4.69) is 20.8 Å². The fourth-order valence-electron chi connectivity index (χ4n) is 2.25. The predicted molar refractivity (Wildman–Crippen MR) is 90.9 cm³/mol. The molecule has 7 heteroatoms. The second-order valence-electron chi connectivity index (χ2n) is 5.00. The summed E-state index contributed by atoms with van der Waals surface area (Å²) in [5.74, 6) is 0.441. The highest BCUT2D eigenvalue weighted by Crippen LogP contribution is 2.15. The average molecular weight is 323 g/mol. The lowest BCUT2D eigenvalue weighted by atomic mass is 10.2. The fraction of sp³-hybridized carbons (Fsp3) is 0.176. The van der Waals surface area contributed by atoms with Gasteiger partial charge in [-0.15, -0.1) is 5.10 Å². The maximum Gasteiger partial charge on any atom is 0.261 e. The minimum Gasteiger partial charge on any atom is -0.493 e. The lowest BCUT2D eigenvalue weighted by Crippen LogP contribution is -2.23. The molecule has 0 fully saturated rings. The number of ether oxygens (including phenoxy) is 1. The third-order valence-corrected chi connectivity index (χ3v) is 3.33. The summed E-state index contributed by atoms with van der Waals surface area (Å²) in [6.07, 6.45) is 1.56. The quantitative estimate of drug-likeness (QED) is 0.555. The molecule has 122 valence electrons. The van der Waals surface area contributed by atoms with Crippen molar-refractivity contribution in [2.75, 3.05) is 6.61 Å². The number of nitrogens with one attached hydrogen (secondary N) is 1. The van der Waals surface area contributed by atoms with Crippen molar-refractivity contribution in [2.45, 2.75) is 13.5 Å². The van der Waals surface area contributed by atoms with E-state index in [-0.39, 0.29) is 12.5 Å². The summed E-state index contributed by atoms with van der Waals surface area (Å²) in [5, 5.41) is 12.0. The Kier molecular flexibility index (Phi) is 4.81. The molecular formula is C17H17N5O2. The summed E-state index contributed by atoms with van der Waals surface area (Å²) in [6, 6.07) is 15.0. The molecular weight excluding hydrogens is 306 g/mol. The summed E-state index contributed by atoms with van der Waals surface area (Å²) in [7, 11) is 0. The van der Waals surface area contributed by atoms with Crippen LogP contribution in [-0.2, 0) is 11.3 Å². The predicted octanol–water partition coefficient (Wildman–Crippen LogP) is 1.98. The molecule has 0 aliphatic heterocycles. The van der Waals surface area contributed by atoms with Crippen molar-refractivity contribution in [1.82, 2.24) is 20.4 Å². The first-order valence-corrected chi connectivity index (χ1v) is 7.60. The zero-order chi connectivity index (χ0) is 16.8. The third kappa shape index (κ3) is 3.57. The van der Waals surface area contributed by atoms with Crippen molar-refractivity contribution in [3.63, 3.8) is 0 Å². The van der Waals surface area contributed by atoms with Gasteiger partial charge in [-0.1, -0.05) is 29.5 Å². The summed E-state index contributed by atoms with van der Waals surface area (Å²) in [6.45, 7) is 2.53. The van der Waals surface area contributed by atoms with Crippen LogP contribution in [-0.4, -0.2) is 33.7 Å². The lowest BCUT2D eigenvalue weighted by Gasteiger charge is -2.06. The number of nitrogens with zero attached hydrogens (tertiary/aromatic N) is 4. The van der Waals surface area contributed by atoms with Gasteiger partial charge in [0.1, 0.15) is 17.8 Å². The number of para-hydroxylation sites is 2. The van der Waals surface area contributed by atoms with Gasteiger partial charge < -0.3 is 4.74 Å². The van der Waals surface area contributed by atoms with E-state index in [0.717, 1.165) is 22.3 Å². The highest BCUT2D eigenvalue weighted by atomic mass is 16.5. The molecule has 0 unspecified atom stereocenters. The third-order valence-electron chi connectivity index (χ3n) is 3.33. The second-order valence-corrected chi connectivity index (χ2v) is 5.00. The molecule has 0 saturated heterocycles. The Bertz CT molecular complexity index is 872. The van der Waals surface area contributed by atoms with Crippen molar-refractivity contribution in [3.05, 3.63) is 54.1 Å². The van der Waals surface area contributed by atoms with Gasteiger partial charge in [-0.05, 0) is 31.2 Å². The van der Waals surface area contributed by atoms with Crippen LogP contribution in [0.4, 0.5) is 0 Å². The maximum absolute atomic E-state index is 12.0. The first kappa shape index (κ1) is 15.7. The van der Waals surface area contributed by atoms with Gasteiger partial charge in [0.15, 0.2) is 0 Å². The number of carbonyl (C=O) groups is 1. The van der Waals surface area contributed by atoms with Gasteiger partial charge in [0.05, 0.1) is 18.3 Å². The Hall–Kier alpha value is -3.22. The van der Waals surface area contributed by atoms with E-state index in [0.29, 0.717) is 6.61 Å². The van der Waals surface area contributed by atoms with Crippen molar-refractivity contribution < 1.29 is 9.53 Å². The van der Waals surface area contributed by atoms with Gasteiger partial charge in [-0.3, -0.25) is 4.79 Å². The zero-order valence-corrected chi connectivity index (χ0v) is 13.2. The van der Waals surface area contributed by atoms with Crippen LogP contribution in [0.25, 0.3) is 11.0 Å². The molecule has 0 radical (unpaired) electrons. The van der Waals surface area contributed by atoms with Crippen LogP contribution in [0.3, 0.4) is 0 Å². The molecule has 1 amide bonds. The van der Waals surface area contributed by atoms with Crippen molar-refractivity contribution in [2.24, 2.45) is 5.10 Å². The SMILES string of the molecule is CCOc1ccccc1/C=N/NC(=O)Cn1nnc2ccccc21. The van der Waals surface area contributed by atoms with E-state index >= 15 is 0 Å². The number of hydrogen-bond acceptors (Lipinski definition) is 5. The van der Waals surface area contributed by atoms with E-state index in [1.54, 1.807) is 6.21 Å². The molecule has 0 spiro atoms. The van der Waals surface area contributed by atoms with Gasteiger partial charge in [-0.2, -0.15) is 5.10 Å². The van der Waals surface area contributed by atoms with Crippen LogP contribution in [0, 0.1) is 0 Å². The first-order valence-electron chi connectivity index (χ1n) is 7.60. The minimum absolute atomic E-state index is 0.0466. The molecule has 0 atom stereocenters. The van der Waals surface area contributed by atoms with E-state index in [1.165, 1.54) is 4.68 Å². The lowest BCUT2D eigenvalue weighted by molar-refractivity contribution is -0.121. The molecule has 1 aromatic heterocycles. The Morgan fingerprint density at radius 1 is 1.25 bits per heavy atom. The van der Waals surface area contributed by atoms with Crippen LogP contribution >= 0.6 is 0 Å². The fourth-order valence-corrected chi connectivity index (χ4v) is 2.25. The van der Waals surface area contributed by atoms with E-state index in [1.807, 2.05) is 55.5 Å². The molecule has 0 saturated carbocycles. The zero-order valence-electron chi connectivity index (χ0n) is 13.2. The number of hydrazone groups is 1. The summed E-state index contributed by atoms with van der Waals surface area (Å²) in [4.78, 5) is 12.0. The molecule has 7 nitrogen and oxygen atoms in total. The number of rotatable bonds is 6.